The van der Waals surface area contributed by atoms with Crippen LogP contribution in [0.4, 0.5) is 22.0 Å². The van der Waals surface area contributed by atoms with Crippen molar-refractivity contribution in [3.63, 3.8) is 0 Å². The van der Waals surface area contributed by atoms with E-state index in [1.807, 2.05) is 0 Å². The van der Waals surface area contributed by atoms with Crippen molar-refractivity contribution < 1.29 is 44.5 Å². The van der Waals surface area contributed by atoms with Crippen molar-refractivity contribution in [2.45, 2.75) is 17.5 Å². The lowest BCUT2D eigenvalue weighted by Crippen LogP contribution is -2.52. The van der Waals surface area contributed by atoms with Crippen molar-refractivity contribution >= 4 is 26.9 Å². The predicted molar refractivity (Wildman–Crippen MR) is 73.9 cm³/mol. The first-order valence-corrected chi connectivity index (χ1v) is 7.85. The number of halogens is 5. The molecule has 0 heterocycles. The molecule has 0 aliphatic heterocycles. The number of esters is 1. The van der Waals surface area contributed by atoms with Gasteiger partial charge >= 0.3 is 17.4 Å². The van der Waals surface area contributed by atoms with Gasteiger partial charge in [0.1, 0.15) is 0 Å². The van der Waals surface area contributed by atoms with Gasteiger partial charge in [0.05, 0.1) is 5.56 Å². The second kappa shape index (κ2) is 6.23. The number of hydrogen-bond acceptors (Lipinski definition) is 5. The minimum Gasteiger partial charge on any atom is -0.743 e. The Bertz CT molecular complexity index is 902. The molecule has 0 aliphatic rings. The second-order valence-corrected chi connectivity index (χ2v) is 6.32. The van der Waals surface area contributed by atoms with Gasteiger partial charge in [0.15, 0.2) is 10.1 Å². The van der Waals surface area contributed by atoms with E-state index in [4.69, 9.17) is 0 Å². The van der Waals surface area contributed by atoms with E-state index in [0.29, 0.717) is 5.39 Å². The summed E-state index contributed by atoms with van der Waals surface area (Å²) in [4.78, 5) is 11.9. The number of carbonyl (C=O) groups excluding carboxylic acids is 1. The molecule has 2 rings (SSSR count). The first-order chi connectivity index (χ1) is 11.4. The van der Waals surface area contributed by atoms with Crippen molar-refractivity contribution in [2.75, 3.05) is 0 Å². The summed E-state index contributed by atoms with van der Waals surface area (Å²) in [6, 6.07) is 9.63. The van der Waals surface area contributed by atoms with E-state index in [9.17, 15) is 39.7 Å². The molecular formula is C14H8F5O5S-. The fourth-order valence-electron chi connectivity index (χ4n) is 2.03. The summed E-state index contributed by atoms with van der Waals surface area (Å²) in [5.74, 6) is -1.84. The molecule has 5 nitrogen and oxygen atoms in total. The highest BCUT2D eigenvalue weighted by molar-refractivity contribution is 7.86. The van der Waals surface area contributed by atoms with E-state index in [1.165, 1.54) is 30.3 Å². The van der Waals surface area contributed by atoms with Crippen LogP contribution in [0.5, 0.6) is 0 Å². The number of carbonyl (C=O) groups is 1. The molecule has 0 N–H and O–H groups in total. The second-order valence-electron chi connectivity index (χ2n) is 4.87. The van der Waals surface area contributed by atoms with Crippen LogP contribution in [0.25, 0.3) is 10.8 Å². The lowest BCUT2D eigenvalue weighted by atomic mass is 10.0. The SMILES string of the molecule is O=C(OC(C(F)(F)F)C(F)(F)S(=O)(=O)[O-])c1cccc2ccccc12. The van der Waals surface area contributed by atoms with Gasteiger partial charge in [-0.15, -0.1) is 0 Å². The molecule has 0 saturated heterocycles. The largest absolute Gasteiger partial charge is 0.743 e. The van der Waals surface area contributed by atoms with Crippen LogP contribution < -0.4 is 0 Å². The Labute approximate surface area is 137 Å². The molecule has 1 unspecified atom stereocenters. The molecule has 0 radical (unpaired) electrons. The Hall–Kier alpha value is -2.27. The Kier molecular flexibility index (Phi) is 4.75. The Morgan fingerprint density at radius 2 is 1.56 bits per heavy atom. The van der Waals surface area contributed by atoms with Crippen LogP contribution in [0.15, 0.2) is 42.5 Å². The summed E-state index contributed by atoms with van der Waals surface area (Å²) >= 11 is 0. The van der Waals surface area contributed by atoms with Gasteiger partial charge in [-0.1, -0.05) is 36.4 Å². The molecule has 2 aromatic carbocycles. The molecule has 0 amide bonds. The summed E-state index contributed by atoms with van der Waals surface area (Å²) in [5, 5.41) is -5.38. The van der Waals surface area contributed by atoms with Crippen LogP contribution in [0.3, 0.4) is 0 Å². The van der Waals surface area contributed by atoms with Crippen LogP contribution in [-0.2, 0) is 14.9 Å². The zero-order valence-electron chi connectivity index (χ0n) is 12.0. The number of hydrogen-bond donors (Lipinski definition) is 0. The Balaban J connectivity index is 2.48. The summed E-state index contributed by atoms with van der Waals surface area (Å²) < 4.78 is 100. The maximum absolute atomic E-state index is 13.4. The molecule has 0 aromatic heterocycles. The van der Waals surface area contributed by atoms with Gasteiger partial charge in [-0.25, -0.2) is 13.2 Å². The van der Waals surface area contributed by atoms with Crippen molar-refractivity contribution in [2.24, 2.45) is 0 Å². The molecule has 1 atom stereocenters. The van der Waals surface area contributed by atoms with Gasteiger partial charge in [-0.2, -0.15) is 22.0 Å². The minimum atomic E-state index is -6.74. The average molecular weight is 383 g/mol. The number of rotatable bonds is 4. The quantitative estimate of drug-likeness (QED) is 0.460. The molecule has 11 heteroatoms. The number of benzene rings is 2. The summed E-state index contributed by atoms with van der Waals surface area (Å²) in [5.41, 5.74) is -0.494. The van der Waals surface area contributed by atoms with Crippen molar-refractivity contribution in [1.29, 1.82) is 0 Å². The molecule has 0 aliphatic carbocycles. The molecule has 0 fully saturated rings. The van der Waals surface area contributed by atoms with E-state index in [-0.39, 0.29) is 5.39 Å². The zero-order chi connectivity index (χ0) is 19.0. The monoisotopic (exact) mass is 383 g/mol. The molecule has 25 heavy (non-hydrogen) atoms. The van der Waals surface area contributed by atoms with Crippen molar-refractivity contribution in [3.05, 3.63) is 48.0 Å². The Morgan fingerprint density at radius 1 is 1.00 bits per heavy atom. The maximum Gasteiger partial charge on any atom is 0.432 e. The molecule has 0 spiro atoms. The number of alkyl halides is 5. The van der Waals surface area contributed by atoms with Gasteiger partial charge in [-0.05, 0) is 16.8 Å². The van der Waals surface area contributed by atoms with E-state index in [2.05, 4.69) is 4.74 Å². The Morgan fingerprint density at radius 3 is 2.12 bits per heavy atom. The van der Waals surface area contributed by atoms with E-state index in [1.54, 1.807) is 6.07 Å². The lowest BCUT2D eigenvalue weighted by molar-refractivity contribution is -0.248. The summed E-state index contributed by atoms with van der Waals surface area (Å²) in [7, 11) is -6.74. The fraction of sp³-hybridized carbons (Fsp3) is 0.214. The number of ether oxygens (including phenoxy) is 1. The van der Waals surface area contributed by atoms with Crippen LogP contribution in [0.2, 0.25) is 0 Å². The topological polar surface area (TPSA) is 83.5 Å². The molecule has 136 valence electrons. The van der Waals surface area contributed by atoms with Crippen molar-refractivity contribution in [3.8, 4) is 0 Å². The highest BCUT2D eigenvalue weighted by atomic mass is 32.2. The molecule has 0 saturated carbocycles. The summed E-state index contributed by atoms with van der Waals surface area (Å²) in [6.07, 6.45) is -10.4. The van der Waals surface area contributed by atoms with Crippen molar-refractivity contribution in [1.82, 2.24) is 0 Å². The molecule has 0 bridgehead atoms. The standard InChI is InChI=1S/C14H9F5O5S/c15-13(16,17)12(14(18,19)25(21,22)23)24-11(20)10-7-3-5-8-4-1-2-6-9(8)10/h1-7,12H,(H,21,22,23)/p-1. The van der Waals surface area contributed by atoms with E-state index >= 15 is 0 Å². The predicted octanol–water partition coefficient (Wildman–Crippen LogP) is 3.07. The average Bonchev–Trinajstić information content (AvgIpc) is 2.49. The third-order valence-corrected chi connectivity index (χ3v) is 4.05. The first-order valence-electron chi connectivity index (χ1n) is 6.44. The minimum absolute atomic E-state index is 0.101. The fourth-order valence-corrected chi connectivity index (χ4v) is 2.47. The summed E-state index contributed by atoms with van der Waals surface area (Å²) in [6.45, 7) is 0. The lowest BCUT2D eigenvalue weighted by Gasteiger charge is -2.29. The number of fused-ring (bicyclic) bond motifs is 1. The van der Waals surface area contributed by atoms with Gasteiger partial charge in [-0.3, -0.25) is 0 Å². The zero-order valence-corrected chi connectivity index (χ0v) is 12.8. The molecular weight excluding hydrogens is 375 g/mol. The normalized spacial score (nSPS) is 14.3. The van der Waals surface area contributed by atoms with Gasteiger partial charge in [0, 0.05) is 0 Å². The van der Waals surface area contributed by atoms with Crippen LogP contribution in [-0.4, -0.2) is 36.5 Å². The van der Waals surface area contributed by atoms with E-state index in [0.717, 1.165) is 6.07 Å². The third kappa shape index (κ3) is 3.71. The highest BCUT2D eigenvalue weighted by Gasteiger charge is 2.63. The van der Waals surface area contributed by atoms with Crippen LogP contribution in [0.1, 0.15) is 10.4 Å². The smallest absolute Gasteiger partial charge is 0.432 e. The van der Waals surface area contributed by atoms with Gasteiger partial charge in [0.2, 0.25) is 0 Å². The van der Waals surface area contributed by atoms with Crippen LogP contribution in [0, 0.1) is 0 Å². The van der Waals surface area contributed by atoms with Gasteiger partial charge < -0.3 is 9.29 Å². The van der Waals surface area contributed by atoms with Gasteiger partial charge in [0.25, 0.3) is 6.10 Å². The first kappa shape index (κ1) is 19.1. The van der Waals surface area contributed by atoms with Crippen LogP contribution >= 0.6 is 0 Å². The van der Waals surface area contributed by atoms with E-state index < -0.39 is 39.2 Å². The third-order valence-electron chi connectivity index (χ3n) is 3.17. The maximum atomic E-state index is 13.4. The molecule has 2 aromatic rings. The highest BCUT2D eigenvalue weighted by Crippen LogP contribution is 2.38.